The van der Waals surface area contributed by atoms with Gasteiger partial charge in [0.1, 0.15) is 5.82 Å². The molecule has 1 heterocycles. The summed E-state index contributed by atoms with van der Waals surface area (Å²) < 4.78 is 17.5. The number of aromatic nitrogens is 2. The van der Waals surface area contributed by atoms with Crippen LogP contribution in [0.25, 0.3) is 11.0 Å². The van der Waals surface area contributed by atoms with Crippen LogP contribution in [0.5, 0.6) is 0 Å². The average Bonchev–Trinajstić information content (AvgIpc) is 2.96. The lowest BCUT2D eigenvalue weighted by Crippen LogP contribution is -2.12. The van der Waals surface area contributed by atoms with E-state index >= 15 is 0 Å². The molecule has 2 aromatic carbocycles. The van der Waals surface area contributed by atoms with Gasteiger partial charge in [0.15, 0.2) is 0 Å². The van der Waals surface area contributed by atoms with E-state index in [-0.39, 0.29) is 11.9 Å². The van der Waals surface area contributed by atoms with Crippen LogP contribution >= 0.6 is 0 Å². The fraction of sp³-hybridized carbons (Fsp3) is 0.125. The molecule has 6 nitrogen and oxygen atoms in total. The number of hydrogen-bond donors (Lipinski definition) is 3. The Kier molecular flexibility index (Phi) is 3.94. The number of aromatic amines is 1. The third-order valence-corrected chi connectivity index (χ3v) is 3.50. The van der Waals surface area contributed by atoms with Crippen LogP contribution in [-0.2, 0) is 4.74 Å². The van der Waals surface area contributed by atoms with E-state index in [1.54, 1.807) is 18.2 Å². The smallest absolute Gasteiger partial charge is 0.413 e. The highest BCUT2D eigenvalue weighted by molar-refractivity contribution is 5.86. The second-order valence-corrected chi connectivity index (χ2v) is 5.01. The zero-order chi connectivity index (χ0) is 16.4. The van der Waals surface area contributed by atoms with E-state index in [9.17, 15) is 9.18 Å². The molecule has 0 aliphatic carbocycles. The molecule has 23 heavy (non-hydrogen) atoms. The highest BCUT2D eigenvalue weighted by atomic mass is 19.1. The van der Waals surface area contributed by atoms with E-state index in [1.165, 1.54) is 19.2 Å². The lowest BCUT2D eigenvalue weighted by molar-refractivity contribution is 0.186. The number of benzene rings is 2. The molecule has 1 aromatic heterocycles. The van der Waals surface area contributed by atoms with Gasteiger partial charge in [0.05, 0.1) is 24.2 Å². The van der Waals surface area contributed by atoms with Crippen LogP contribution in [0, 0.1) is 5.82 Å². The van der Waals surface area contributed by atoms with E-state index in [2.05, 4.69) is 20.0 Å². The second-order valence-electron chi connectivity index (χ2n) is 5.01. The summed E-state index contributed by atoms with van der Waals surface area (Å²) in [5.41, 5.74) is 9.28. The van der Waals surface area contributed by atoms with E-state index in [0.717, 1.165) is 16.6 Å². The van der Waals surface area contributed by atoms with E-state index < -0.39 is 6.09 Å². The number of ether oxygens (including phenoxy) is 1. The molecular weight excluding hydrogens is 299 g/mol. The second kappa shape index (κ2) is 6.05. The molecule has 0 unspecified atom stereocenters. The lowest BCUT2D eigenvalue weighted by Gasteiger charge is -2.12. The summed E-state index contributed by atoms with van der Waals surface area (Å²) in [6.45, 7) is 0. The number of carbonyl (C=O) groups excluding carboxylic acids is 1. The van der Waals surface area contributed by atoms with Crippen molar-refractivity contribution in [2.24, 2.45) is 5.73 Å². The molecule has 118 valence electrons. The summed E-state index contributed by atoms with van der Waals surface area (Å²) in [7, 11) is 1.28. The first-order valence-electron chi connectivity index (χ1n) is 6.92. The number of amides is 1. The van der Waals surface area contributed by atoms with E-state index in [0.29, 0.717) is 11.5 Å². The fourth-order valence-corrected chi connectivity index (χ4v) is 2.29. The van der Waals surface area contributed by atoms with Gasteiger partial charge in [-0.25, -0.2) is 14.2 Å². The number of nitrogens with one attached hydrogen (secondary N) is 2. The van der Waals surface area contributed by atoms with Gasteiger partial charge in [0.2, 0.25) is 5.95 Å². The molecule has 0 bridgehead atoms. The van der Waals surface area contributed by atoms with Crippen molar-refractivity contribution in [1.82, 2.24) is 9.97 Å². The Labute approximate surface area is 131 Å². The van der Waals surface area contributed by atoms with Crippen LogP contribution in [0.3, 0.4) is 0 Å². The monoisotopic (exact) mass is 314 g/mol. The maximum atomic E-state index is 13.0. The first-order valence-corrected chi connectivity index (χ1v) is 6.92. The van der Waals surface area contributed by atoms with Gasteiger partial charge >= 0.3 is 6.09 Å². The van der Waals surface area contributed by atoms with Crippen molar-refractivity contribution in [2.45, 2.75) is 6.04 Å². The number of methoxy groups -OCH3 is 1. The Balaban J connectivity index is 1.90. The first-order chi connectivity index (χ1) is 11.1. The van der Waals surface area contributed by atoms with Crippen LogP contribution in [-0.4, -0.2) is 23.2 Å². The van der Waals surface area contributed by atoms with Crippen molar-refractivity contribution in [2.75, 3.05) is 12.4 Å². The third-order valence-electron chi connectivity index (χ3n) is 3.50. The number of nitrogens with two attached hydrogens (primary N) is 1. The lowest BCUT2D eigenvalue weighted by atomic mass is 9.99. The Hall–Kier alpha value is -2.93. The number of anilines is 1. The van der Waals surface area contributed by atoms with Crippen molar-refractivity contribution in [3.63, 3.8) is 0 Å². The van der Waals surface area contributed by atoms with Crippen molar-refractivity contribution in [1.29, 1.82) is 0 Å². The quantitative estimate of drug-likeness (QED) is 0.693. The summed E-state index contributed by atoms with van der Waals surface area (Å²) >= 11 is 0. The highest BCUT2D eigenvalue weighted by Crippen LogP contribution is 2.24. The number of halogens is 1. The minimum atomic E-state index is -0.604. The van der Waals surface area contributed by atoms with E-state index in [1.807, 2.05) is 12.1 Å². The molecule has 0 spiro atoms. The topological polar surface area (TPSA) is 93.0 Å². The molecule has 3 aromatic rings. The predicted octanol–water partition coefficient (Wildman–Crippen LogP) is 2.93. The van der Waals surface area contributed by atoms with Gasteiger partial charge in [0, 0.05) is 0 Å². The van der Waals surface area contributed by atoms with Gasteiger partial charge in [-0.05, 0) is 35.4 Å². The Morgan fingerprint density at radius 2 is 1.96 bits per heavy atom. The zero-order valence-corrected chi connectivity index (χ0v) is 12.3. The number of hydrogen-bond acceptors (Lipinski definition) is 4. The number of fused-ring (bicyclic) bond motifs is 1. The Morgan fingerprint density at radius 3 is 2.65 bits per heavy atom. The third kappa shape index (κ3) is 3.14. The summed E-state index contributed by atoms with van der Waals surface area (Å²) in [6.07, 6.45) is -0.604. The van der Waals surface area contributed by atoms with Gasteiger partial charge < -0.3 is 15.5 Å². The van der Waals surface area contributed by atoms with Gasteiger partial charge in [-0.2, -0.15) is 0 Å². The molecule has 0 radical (unpaired) electrons. The van der Waals surface area contributed by atoms with Crippen LogP contribution in [0.1, 0.15) is 17.2 Å². The van der Waals surface area contributed by atoms with Crippen LogP contribution in [0.15, 0.2) is 42.5 Å². The number of H-pyrrole nitrogens is 1. The molecule has 7 heteroatoms. The molecule has 3 rings (SSSR count). The number of carbonyl (C=O) groups is 1. The van der Waals surface area contributed by atoms with Crippen molar-refractivity contribution in [3.8, 4) is 0 Å². The number of nitrogens with zero attached hydrogens (tertiary/aromatic N) is 1. The molecule has 0 aliphatic rings. The minimum absolute atomic E-state index is 0.291. The molecule has 4 N–H and O–H groups in total. The Morgan fingerprint density at radius 1 is 1.26 bits per heavy atom. The standard InChI is InChI=1S/C16H15FN4O2/c1-23-16(22)21-15-19-12-7-4-10(8-13(12)20-15)14(18)9-2-5-11(17)6-3-9/h2-8,14H,18H2,1H3,(H2,19,20,21,22)/t14-/m0/s1. The SMILES string of the molecule is COC(=O)Nc1nc2ccc([C@@H](N)c3ccc(F)cc3)cc2[nH]1. The van der Waals surface area contributed by atoms with Crippen LogP contribution in [0.4, 0.5) is 15.1 Å². The largest absolute Gasteiger partial charge is 0.453 e. The molecular formula is C16H15FN4O2. The van der Waals surface area contributed by atoms with Crippen molar-refractivity contribution in [3.05, 3.63) is 59.4 Å². The Bertz CT molecular complexity index is 845. The molecule has 1 atom stereocenters. The minimum Gasteiger partial charge on any atom is -0.453 e. The summed E-state index contributed by atoms with van der Waals surface area (Å²) in [6, 6.07) is 11.2. The van der Waals surface area contributed by atoms with Crippen molar-refractivity contribution >= 4 is 23.1 Å². The maximum absolute atomic E-state index is 13.0. The van der Waals surface area contributed by atoms with Gasteiger partial charge in [0.25, 0.3) is 0 Å². The highest BCUT2D eigenvalue weighted by Gasteiger charge is 2.12. The van der Waals surface area contributed by atoms with Crippen molar-refractivity contribution < 1.29 is 13.9 Å². The molecule has 0 aliphatic heterocycles. The first kappa shape index (κ1) is 15.0. The van der Waals surface area contributed by atoms with Gasteiger partial charge in [-0.15, -0.1) is 0 Å². The summed E-state index contributed by atoms with van der Waals surface area (Å²) in [4.78, 5) is 18.4. The van der Waals surface area contributed by atoms with Gasteiger partial charge in [-0.1, -0.05) is 18.2 Å². The van der Waals surface area contributed by atoms with Crippen LogP contribution < -0.4 is 11.1 Å². The maximum Gasteiger partial charge on any atom is 0.413 e. The van der Waals surface area contributed by atoms with Gasteiger partial charge in [-0.3, -0.25) is 5.32 Å². The summed E-state index contributed by atoms with van der Waals surface area (Å²) in [5.74, 6) is -0.0112. The number of rotatable bonds is 3. The molecule has 0 fully saturated rings. The van der Waals surface area contributed by atoms with E-state index in [4.69, 9.17) is 5.73 Å². The zero-order valence-electron chi connectivity index (χ0n) is 12.3. The summed E-state index contributed by atoms with van der Waals surface area (Å²) in [5, 5.41) is 2.47. The normalized spacial score (nSPS) is 12.1. The van der Waals surface area contributed by atoms with Crippen LogP contribution in [0.2, 0.25) is 0 Å². The molecule has 0 saturated carbocycles. The molecule has 0 saturated heterocycles. The average molecular weight is 314 g/mol. The fourth-order valence-electron chi connectivity index (χ4n) is 2.29. The predicted molar refractivity (Wildman–Crippen MR) is 84.6 cm³/mol. The number of imidazole rings is 1. The molecule has 1 amide bonds.